The van der Waals surface area contributed by atoms with Gasteiger partial charge >= 0.3 is 5.97 Å². The van der Waals surface area contributed by atoms with Crippen LogP contribution in [0.2, 0.25) is 0 Å². The Kier molecular flexibility index (Phi) is 3.80. The lowest BCUT2D eigenvalue weighted by Crippen LogP contribution is -2.28. The zero-order valence-electron chi connectivity index (χ0n) is 14.6. The SMILES string of the molecule is CC1=C(C)C(O/C=C2\C(=O)N(CC#N)C3c4ccccc4CC23)OC1=O. The second-order valence-corrected chi connectivity index (χ2v) is 6.80. The van der Waals surface area contributed by atoms with E-state index in [1.54, 1.807) is 18.7 Å². The van der Waals surface area contributed by atoms with E-state index < -0.39 is 12.3 Å². The molecule has 2 aliphatic heterocycles. The Balaban J connectivity index is 1.65. The maximum Gasteiger partial charge on any atom is 0.337 e. The molecule has 1 amide bonds. The Morgan fingerprint density at radius 1 is 1.35 bits per heavy atom. The number of esters is 1. The largest absolute Gasteiger partial charge is 0.458 e. The Bertz CT molecular complexity index is 909. The molecule has 1 aliphatic carbocycles. The van der Waals surface area contributed by atoms with Gasteiger partial charge in [0.25, 0.3) is 12.2 Å². The average Bonchev–Trinajstić information content (AvgIpc) is 3.21. The molecular weight excluding hydrogens is 332 g/mol. The summed E-state index contributed by atoms with van der Waals surface area (Å²) in [5.41, 5.74) is 4.03. The number of likely N-dealkylation sites (tertiary alicyclic amines) is 1. The fraction of sp³-hybridized carbons (Fsp3) is 0.350. The van der Waals surface area contributed by atoms with Gasteiger partial charge in [0, 0.05) is 17.1 Å². The summed E-state index contributed by atoms with van der Waals surface area (Å²) >= 11 is 0. The fourth-order valence-corrected chi connectivity index (χ4v) is 3.95. The second-order valence-electron chi connectivity index (χ2n) is 6.80. The van der Waals surface area contributed by atoms with Crippen molar-refractivity contribution in [2.75, 3.05) is 6.54 Å². The zero-order valence-corrected chi connectivity index (χ0v) is 14.6. The van der Waals surface area contributed by atoms with Crippen molar-refractivity contribution in [2.45, 2.75) is 32.6 Å². The van der Waals surface area contributed by atoms with Gasteiger partial charge < -0.3 is 14.4 Å². The first-order valence-electron chi connectivity index (χ1n) is 8.52. The maximum absolute atomic E-state index is 12.8. The number of hydrogen-bond acceptors (Lipinski definition) is 5. The summed E-state index contributed by atoms with van der Waals surface area (Å²) in [5.74, 6) is -0.657. The van der Waals surface area contributed by atoms with Crippen LogP contribution in [-0.4, -0.2) is 29.6 Å². The summed E-state index contributed by atoms with van der Waals surface area (Å²) in [4.78, 5) is 26.1. The Morgan fingerprint density at radius 2 is 2.12 bits per heavy atom. The standard InChI is InChI=1S/C20H18N2O4/c1-11-12(2)20(26-19(11)24)25-10-16-15-9-13-5-3-4-6-14(13)17(15)22(8-7-21)18(16)23/h3-6,10,15,17,20H,8-9H2,1-2H3/b16-10-. The van der Waals surface area contributed by atoms with Crippen LogP contribution < -0.4 is 0 Å². The predicted molar refractivity (Wildman–Crippen MR) is 91.1 cm³/mol. The number of amides is 1. The summed E-state index contributed by atoms with van der Waals surface area (Å²) in [6, 6.07) is 9.93. The van der Waals surface area contributed by atoms with Crippen LogP contribution in [0.4, 0.5) is 0 Å². The summed E-state index contributed by atoms with van der Waals surface area (Å²) in [5, 5.41) is 9.14. The Morgan fingerprint density at radius 3 is 2.81 bits per heavy atom. The van der Waals surface area contributed by atoms with Crippen molar-refractivity contribution in [3.63, 3.8) is 0 Å². The molecule has 3 unspecified atom stereocenters. The van der Waals surface area contributed by atoms with Crippen molar-refractivity contribution in [3.05, 3.63) is 58.4 Å². The number of nitriles is 1. The van der Waals surface area contributed by atoms with Crippen molar-refractivity contribution in [1.82, 2.24) is 4.90 Å². The highest BCUT2D eigenvalue weighted by Crippen LogP contribution is 2.49. The van der Waals surface area contributed by atoms with E-state index in [0.29, 0.717) is 16.7 Å². The van der Waals surface area contributed by atoms with Gasteiger partial charge in [-0.2, -0.15) is 5.26 Å². The molecule has 132 valence electrons. The van der Waals surface area contributed by atoms with E-state index in [-0.39, 0.29) is 24.4 Å². The maximum atomic E-state index is 12.8. The fourth-order valence-electron chi connectivity index (χ4n) is 3.95. The number of ether oxygens (including phenoxy) is 2. The molecule has 0 spiro atoms. The molecule has 6 heteroatoms. The van der Waals surface area contributed by atoms with Crippen molar-refractivity contribution < 1.29 is 19.1 Å². The molecule has 6 nitrogen and oxygen atoms in total. The molecule has 26 heavy (non-hydrogen) atoms. The zero-order chi connectivity index (χ0) is 18.4. The highest BCUT2D eigenvalue weighted by Gasteiger charge is 2.49. The van der Waals surface area contributed by atoms with E-state index in [1.165, 1.54) is 11.8 Å². The third-order valence-electron chi connectivity index (χ3n) is 5.46. The van der Waals surface area contributed by atoms with Gasteiger partial charge in [-0.05, 0) is 31.4 Å². The summed E-state index contributed by atoms with van der Waals surface area (Å²) in [6.45, 7) is 3.49. The monoisotopic (exact) mass is 350 g/mol. The van der Waals surface area contributed by atoms with Crippen LogP contribution in [0.15, 0.2) is 47.2 Å². The summed E-state index contributed by atoms with van der Waals surface area (Å²) in [6.07, 6.45) is 1.35. The first kappa shape index (κ1) is 16.4. The molecule has 0 aromatic heterocycles. The molecule has 0 N–H and O–H groups in total. The first-order valence-corrected chi connectivity index (χ1v) is 8.52. The van der Waals surface area contributed by atoms with Gasteiger partial charge in [-0.15, -0.1) is 0 Å². The third-order valence-corrected chi connectivity index (χ3v) is 5.46. The van der Waals surface area contributed by atoms with Gasteiger partial charge in [-0.3, -0.25) is 4.79 Å². The highest BCUT2D eigenvalue weighted by molar-refractivity contribution is 5.97. The molecular formula is C20H18N2O4. The molecule has 4 rings (SSSR count). The Hall–Kier alpha value is -3.07. The van der Waals surface area contributed by atoms with Crippen molar-refractivity contribution in [1.29, 1.82) is 5.26 Å². The minimum absolute atomic E-state index is 0.0299. The quantitative estimate of drug-likeness (QED) is 0.362. The predicted octanol–water partition coefficient (Wildman–Crippen LogP) is 2.39. The van der Waals surface area contributed by atoms with Gasteiger partial charge in [-0.25, -0.2) is 4.79 Å². The number of benzene rings is 1. The van der Waals surface area contributed by atoms with E-state index in [4.69, 9.17) is 14.7 Å². The van der Waals surface area contributed by atoms with Crippen molar-refractivity contribution in [2.24, 2.45) is 5.92 Å². The van der Waals surface area contributed by atoms with Crippen LogP contribution in [0.3, 0.4) is 0 Å². The normalized spacial score (nSPS) is 28.3. The lowest BCUT2D eigenvalue weighted by molar-refractivity contribution is -0.153. The van der Waals surface area contributed by atoms with E-state index in [1.807, 2.05) is 18.2 Å². The van der Waals surface area contributed by atoms with Crippen LogP contribution in [0, 0.1) is 17.2 Å². The molecule has 1 fully saturated rings. The lowest BCUT2D eigenvalue weighted by atomic mass is 9.97. The van der Waals surface area contributed by atoms with E-state index in [0.717, 1.165) is 12.0 Å². The molecule has 0 saturated carbocycles. The van der Waals surface area contributed by atoms with Crippen molar-refractivity contribution in [3.8, 4) is 6.07 Å². The van der Waals surface area contributed by atoms with Gasteiger partial charge in [0.05, 0.1) is 23.9 Å². The number of carbonyl (C=O) groups is 2. The number of nitrogens with zero attached hydrogens (tertiary/aromatic N) is 2. The van der Waals surface area contributed by atoms with E-state index in [2.05, 4.69) is 12.1 Å². The van der Waals surface area contributed by atoms with Gasteiger partial charge in [0.15, 0.2) is 0 Å². The molecule has 1 saturated heterocycles. The molecule has 3 aliphatic rings. The molecule has 1 aromatic carbocycles. The number of rotatable bonds is 3. The van der Waals surface area contributed by atoms with Crippen LogP contribution >= 0.6 is 0 Å². The summed E-state index contributed by atoms with van der Waals surface area (Å²) in [7, 11) is 0. The molecule has 0 radical (unpaired) electrons. The van der Waals surface area contributed by atoms with Crippen LogP contribution in [0.1, 0.15) is 31.0 Å². The molecule has 1 aromatic rings. The molecule has 3 atom stereocenters. The number of fused-ring (bicyclic) bond motifs is 3. The third kappa shape index (κ3) is 2.31. The number of cyclic esters (lactones) is 1. The van der Waals surface area contributed by atoms with Crippen molar-refractivity contribution >= 4 is 11.9 Å². The van der Waals surface area contributed by atoms with E-state index in [9.17, 15) is 9.59 Å². The first-order chi connectivity index (χ1) is 12.5. The van der Waals surface area contributed by atoms with Gasteiger partial charge in [-0.1, -0.05) is 24.3 Å². The lowest BCUT2D eigenvalue weighted by Gasteiger charge is -2.21. The smallest absolute Gasteiger partial charge is 0.337 e. The minimum atomic E-state index is -0.796. The number of carbonyl (C=O) groups excluding carboxylic acids is 2. The summed E-state index contributed by atoms with van der Waals surface area (Å²) < 4.78 is 10.8. The number of hydrogen-bond donors (Lipinski definition) is 0. The average molecular weight is 350 g/mol. The van der Waals surface area contributed by atoms with Gasteiger partial charge in [0.2, 0.25) is 0 Å². The Labute approximate surface area is 151 Å². The van der Waals surface area contributed by atoms with Gasteiger partial charge in [0.1, 0.15) is 6.54 Å². The van der Waals surface area contributed by atoms with Crippen LogP contribution in [0.5, 0.6) is 0 Å². The van der Waals surface area contributed by atoms with Crippen LogP contribution in [-0.2, 0) is 25.5 Å². The minimum Gasteiger partial charge on any atom is -0.458 e. The van der Waals surface area contributed by atoms with E-state index >= 15 is 0 Å². The van der Waals surface area contributed by atoms with Crippen LogP contribution in [0.25, 0.3) is 0 Å². The highest BCUT2D eigenvalue weighted by atomic mass is 16.7. The second kappa shape index (κ2) is 6.03. The molecule has 0 bridgehead atoms. The topological polar surface area (TPSA) is 79.6 Å². The molecule has 2 heterocycles.